The van der Waals surface area contributed by atoms with E-state index < -0.39 is 0 Å². The molecule has 1 aliphatic heterocycles. The molecule has 0 aromatic carbocycles. The second-order valence-corrected chi connectivity index (χ2v) is 5.43. The van der Waals surface area contributed by atoms with Crippen molar-refractivity contribution in [3.8, 4) is 0 Å². The van der Waals surface area contributed by atoms with Gasteiger partial charge in [0.1, 0.15) is 0 Å². The molecule has 86 valence electrons. The molecule has 4 heteroatoms. The third-order valence-electron chi connectivity index (χ3n) is 2.84. The van der Waals surface area contributed by atoms with Crippen molar-refractivity contribution in [2.24, 2.45) is 0 Å². The fraction of sp³-hybridized carbons (Fsp3) is 0.818. The molecule has 1 amide bonds. The van der Waals surface area contributed by atoms with Gasteiger partial charge in [-0.3, -0.25) is 9.59 Å². The first-order valence-electron chi connectivity index (χ1n) is 5.55. The standard InChI is InChI=1S/C11H19NO2S/c1-4-9(5-2)12-7-10(6-11(12)14)15-8(3)13/h9-10H,4-7H2,1-3H3. The molecule has 1 atom stereocenters. The smallest absolute Gasteiger partial charge is 0.224 e. The van der Waals surface area contributed by atoms with Gasteiger partial charge in [-0.1, -0.05) is 25.6 Å². The number of likely N-dealkylation sites (tertiary alicyclic amines) is 1. The van der Waals surface area contributed by atoms with Crippen molar-refractivity contribution in [2.75, 3.05) is 6.54 Å². The molecule has 1 aliphatic rings. The van der Waals surface area contributed by atoms with Gasteiger partial charge in [-0.25, -0.2) is 0 Å². The molecule has 1 saturated heterocycles. The van der Waals surface area contributed by atoms with Crippen molar-refractivity contribution in [3.63, 3.8) is 0 Å². The SMILES string of the molecule is CCC(CC)N1CC(SC(C)=O)CC1=O. The monoisotopic (exact) mass is 229 g/mol. The number of nitrogens with zero attached hydrogens (tertiary/aromatic N) is 1. The molecule has 0 aromatic heterocycles. The molecule has 0 N–H and O–H groups in total. The first-order chi connectivity index (χ1) is 7.08. The van der Waals surface area contributed by atoms with Gasteiger partial charge in [0.25, 0.3) is 0 Å². The maximum atomic E-state index is 11.7. The summed E-state index contributed by atoms with van der Waals surface area (Å²) in [5, 5.41) is 0.287. The molecule has 0 bridgehead atoms. The summed E-state index contributed by atoms with van der Waals surface area (Å²) in [6.07, 6.45) is 2.53. The Morgan fingerprint density at radius 3 is 2.60 bits per heavy atom. The van der Waals surface area contributed by atoms with Crippen LogP contribution >= 0.6 is 11.8 Å². The number of hydrogen-bond acceptors (Lipinski definition) is 3. The van der Waals surface area contributed by atoms with Crippen LogP contribution in [0.3, 0.4) is 0 Å². The van der Waals surface area contributed by atoms with Crippen molar-refractivity contribution in [3.05, 3.63) is 0 Å². The second kappa shape index (κ2) is 5.54. The van der Waals surface area contributed by atoms with E-state index in [-0.39, 0.29) is 16.3 Å². The van der Waals surface area contributed by atoms with E-state index in [1.807, 2.05) is 4.90 Å². The van der Waals surface area contributed by atoms with Crippen LogP contribution in [0.4, 0.5) is 0 Å². The number of carbonyl (C=O) groups excluding carboxylic acids is 2. The summed E-state index contributed by atoms with van der Waals surface area (Å²) in [4.78, 5) is 24.6. The minimum absolute atomic E-state index is 0.110. The summed E-state index contributed by atoms with van der Waals surface area (Å²) in [5.74, 6) is 0.211. The van der Waals surface area contributed by atoms with Crippen LogP contribution in [-0.2, 0) is 9.59 Å². The summed E-state index contributed by atoms with van der Waals surface area (Å²) in [7, 11) is 0. The van der Waals surface area contributed by atoms with Gasteiger partial charge < -0.3 is 4.90 Å². The molecule has 1 rings (SSSR count). The van der Waals surface area contributed by atoms with E-state index >= 15 is 0 Å². The lowest BCUT2D eigenvalue weighted by atomic mass is 10.1. The lowest BCUT2D eigenvalue weighted by Gasteiger charge is -2.25. The molecule has 0 aromatic rings. The summed E-state index contributed by atoms with van der Waals surface area (Å²) in [5.41, 5.74) is 0. The van der Waals surface area contributed by atoms with E-state index in [4.69, 9.17) is 0 Å². The number of carbonyl (C=O) groups is 2. The molecule has 1 fully saturated rings. The van der Waals surface area contributed by atoms with E-state index in [9.17, 15) is 9.59 Å². The van der Waals surface area contributed by atoms with Crippen molar-refractivity contribution < 1.29 is 9.59 Å². The van der Waals surface area contributed by atoms with Gasteiger partial charge in [0.2, 0.25) is 5.91 Å². The Bertz CT molecular complexity index is 251. The van der Waals surface area contributed by atoms with E-state index in [0.29, 0.717) is 12.5 Å². The minimum Gasteiger partial charge on any atom is -0.339 e. The number of thioether (sulfide) groups is 1. The molecule has 1 heterocycles. The van der Waals surface area contributed by atoms with Crippen molar-refractivity contribution >= 4 is 22.8 Å². The van der Waals surface area contributed by atoms with Crippen LogP contribution in [0.15, 0.2) is 0 Å². The average Bonchev–Trinajstić information content (AvgIpc) is 2.48. The highest BCUT2D eigenvalue weighted by molar-refractivity contribution is 8.14. The van der Waals surface area contributed by atoms with Gasteiger partial charge in [-0.2, -0.15) is 0 Å². The van der Waals surface area contributed by atoms with E-state index in [1.165, 1.54) is 11.8 Å². The van der Waals surface area contributed by atoms with Gasteiger partial charge in [0.15, 0.2) is 5.12 Å². The Balaban J connectivity index is 2.55. The Morgan fingerprint density at radius 2 is 2.13 bits per heavy atom. The second-order valence-electron chi connectivity index (χ2n) is 3.95. The third-order valence-corrected chi connectivity index (χ3v) is 3.82. The molecule has 3 nitrogen and oxygen atoms in total. The molecule has 1 unspecified atom stereocenters. The topological polar surface area (TPSA) is 37.4 Å². The van der Waals surface area contributed by atoms with E-state index in [0.717, 1.165) is 19.4 Å². The summed E-state index contributed by atoms with van der Waals surface area (Å²) >= 11 is 1.31. The van der Waals surface area contributed by atoms with Gasteiger partial charge >= 0.3 is 0 Å². The predicted molar refractivity (Wildman–Crippen MR) is 62.8 cm³/mol. The van der Waals surface area contributed by atoms with E-state index in [2.05, 4.69) is 13.8 Å². The summed E-state index contributed by atoms with van der Waals surface area (Å²) in [6.45, 7) is 6.52. The molecular formula is C11H19NO2S. The first kappa shape index (κ1) is 12.6. The maximum Gasteiger partial charge on any atom is 0.224 e. The Labute approximate surface area is 95.6 Å². The van der Waals surface area contributed by atoms with Gasteiger partial charge in [0.05, 0.1) is 0 Å². The lowest BCUT2D eigenvalue weighted by Crippen LogP contribution is -2.35. The molecule has 0 saturated carbocycles. The zero-order valence-corrected chi connectivity index (χ0v) is 10.5. The zero-order valence-electron chi connectivity index (χ0n) is 9.66. The van der Waals surface area contributed by atoms with Crippen LogP contribution in [0, 0.1) is 0 Å². The molecule has 0 spiro atoms. The molecule has 15 heavy (non-hydrogen) atoms. The zero-order chi connectivity index (χ0) is 11.4. The summed E-state index contributed by atoms with van der Waals surface area (Å²) < 4.78 is 0. The van der Waals surface area contributed by atoms with Gasteiger partial charge in [-0.05, 0) is 12.8 Å². The molecule has 0 aliphatic carbocycles. The van der Waals surface area contributed by atoms with Crippen LogP contribution in [0.1, 0.15) is 40.0 Å². The number of rotatable bonds is 4. The maximum absolute atomic E-state index is 11.7. The highest BCUT2D eigenvalue weighted by atomic mass is 32.2. The van der Waals surface area contributed by atoms with Crippen molar-refractivity contribution in [1.82, 2.24) is 4.90 Å². The van der Waals surface area contributed by atoms with Gasteiger partial charge in [0, 0.05) is 31.2 Å². The van der Waals surface area contributed by atoms with Gasteiger partial charge in [-0.15, -0.1) is 0 Å². The number of amides is 1. The fourth-order valence-electron chi connectivity index (χ4n) is 2.09. The van der Waals surface area contributed by atoms with Crippen LogP contribution < -0.4 is 0 Å². The minimum atomic E-state index is 0.110. The van der Waals surface area contributed by atoms with E-state index in [1.54, 1.807) is 6.92 Å². The highest BCUT2D eigenvalue weighted by Gasteiger charge is 2.33. The van der Waals surface area contributed by atoms with Crippen LogP contribution in [0.5, 0.6) is 0 Å². The Morgan fingerprint density at radius 1 is 1.53 bits per heavy atom. The van der Waals surface area contributed by atoms with Crippen molar-refractivity contribution in [1.29, 1.82) is 0 Å². The summed E-state index contributed by atoms with van der Waals surface area (Å²) in [6, 6.07) is 0.357. The molecular weight excluding hydrogens is 210 g/mol. The van der Waals surface area contributed by atoms with Crippen molar-refractivity contribution in [2.45, 2.75) is 51.3 Å². The average molecular weight is 229 g/mol. The quantitative estimate of drug-likeness (QED) is 0.740. The predicted octanol–water partition coefficient (Wildman–Crippen LogP) is 2.06. The highest BCUT2D eigenvalue weighted by Crippen LogP contribution is 2.27. The van der Waals surface area contributed by atoms with Crippen LogP contribution in [-0.4, -0.2) is 33.8 Å². The molecule has 0 radical (unpaired) electrons. The number of hydrogen-bond donors (Lipinski definition) is 0. The Kier molecular flexibility index (Phi) is 4.64. The van der Waals surface area contributed by atoms with Crippen LogP contribution in [0.25, 0.3) is 0 Å². The normalized spacial score (nSPS) is 21.5. The third kappa shape index (κ3) is 3.23. The Hall–Kier alpha value is -0.510. The van der Waals surface area contributed by atoms with Crippen LogP contribution in [0.2, 0.25) is 0 Å². The first-order valence-corrected chi connectivity index (χ1v) is 6.43. The largest absolute Gasteiger partial charge is 0.339 e. The lowest BCUT2D eigenvalue weighted by molar-refractivity contribution is -0.129. The fourth-order valence-corrected chi connectivity index (χ4v) is 3.02.